The first-order valence-electron chi connectivity index (χ1n) is 8.89. The summed E-state index contributed by atoms with van der Waals surface area (Å²) < 4.78 is 7.57. The molecule has 4 rings (SSSR count). The minimum atomic E-state index is -0.194. The number of amides is 1. The molecule has 0 aliphatic heterocycles. The van der Waals surface area contributed by atoms with Crippen molar-refractivity contribution < 1.29 is 9.53 Å². The van der Waals surface area contributed by atoms with Gasteiger partial charge in [0.25, 0.3) is 5.91 Å². The Hall–Kier alpha value is -3.38. The summed E-state index contributed by atoms with van der Waals surface area (Å²) in [7, 11) is 0. The smallest absolute Gasteiger partial charge is 0.255 e. The summed E-state index contributed by atoms with van der Waals surface area (Å²) >= 11 is 1.64. The number of aromatic nitrogens is 2. The second-order valence-electron chi connectivity index (χ2n) is 6.26. The van der Waals surface area contributed by atoms with Crippen LogP contribution in [0.5, 0.6) is 5.75 Å². The van der Waals surface area contributed by atoms with Gasteiger partial charge in [0, 0.05) is 16.6 Å². The van der Waals surface area contributed by atoms with Gasteiger partial charge in [-0.1, -0.05) is 42.5 Å². The summed E-state index contributed by atoms with van der Waals surface area (Å²) in [6.45, 7) is 1.15. The fourth-order valence-electron chi connectivity index (χ4n) is 2.76. The molecule has 6 heteroatoms. The molecule has 0 bridgehead atoms. The molecule has 0 aliphatic carbocycles. The standard InChI is InChI=1S/C22H19N3O2S/c26-22(18-8-4-9-20(12-18)27-16-21-10-5-11-28-21)24-19-13-23-25(15-19)14-17-6-2-1-3-7-17/h1-13,15H,14,16H2,(H,24,26). The van der Waals surface area contributed by atoms with Crippen molar-refractivity contribution in [3.8, 4) is 5.75 Å². The maximum Gasteiger partial charge on any atom is 0.255 e. The first-order chi connectivity index (χ1) is 13.8. The minimum Gasteiger partial charge on any atom is -0.488 e. The van der Waals surface area contributed by atoms with Gasteiger partial charge in [-0.05, 0) is 35.2 Å². The first kappa shape index (κ1) is 18.0. The highest BCUT2D eigenvalue weighted by molar-refractivity contribution is 7.09. The molecule has 2 aromatic carbocycles. The molecule has 0 aliphatic rings. The van der Waals surface area contributed by atoms with Crippen molar-refractivity contribution in [1.29, 1.82) is 0 Å². The molecular formula is C22H19N3O2S. The van der Waals surface area contributed by atoms with E-state index in [-0.39, 0.29) is 5.91 Å². The quantitative estimate of drug-likeness (QED) is 0.493. The summed E-state index contributed by atoms with van der Waals surface area (Å²) in [6.07, 6.45) is 3.47. The lowest BCUT2D eigenvalue weighted by atomic mass is 10.2. The second kappa shape index (κ2) is 8.54. The number of nitrogens with zero attached hydrogens (tertiary/aromatic N) is 2. The number of hydrogen-bond donors (Lipinski definition) is 1. The van der Waals surface area contributed by atoms with Crippen LogP contribution < -0.4 is 10.1 Å². The Morgan fingerprint density at radius 3 is 2.79 bits per heavy atom. The number of anilines is 1. The number of ether oxygens (including phenoxy) is 1. The number of hydrogen-bond acceptors (Lipinski definition) is 4. The number of carbonyl (C=O) groups is 1. The third kappa shape index (κ3) is 4.66. The van der Waals surface area contributed by atoms with Crippen LogP contribution in [0.4, 0.5) is 5.69 Å². The molecule has 0 unspecified atom stereocenters. The van der Waals surface area contributed by atoms with Gasteiger partial charge < -0.3 is 10.1 Å². The van der Waals surface area contributed by atoms with Crippen LogP contribution in [0.2, 0.25) is 0 Å². The zero-order valence-corrected chi connectivity index (χ0v) is 15.9. The maximum atomic E-state index is 12.6. The third-order valence-corrected chi connectivity index (χ3v) is 4.99. The lowest BCUT2D eigenvalue weighted by molar-refractivity contribution is 0.102. The molecule has 4 aromatic rings. The van der Waals surface area contributed by atoms with Gasteiger partial charge in [-0.2, -0.15) is 5.10 Å². The van der Waals surface area contributed by atoms with E-state index in [0.29, 0.717) is 30.2 Å². The van der Waals surface area contributed by atoms with E-state index in [0.717, 1.165) is 10.4 Å². The van der Waals surface area contributed by atoms with Gasteiger partial charge >= 0.3 is 0 Å². The predicted molar refractivity (Wildman–Crippen MR) is 111 cm³/mol. The van der Waals surface area contributed by atoms with Crippen molar-refractivity contribution >= 4 is 22.9 Å². The highest BCUT2D eigenvalue weighted by Gasteiger charge is 2.09. The SMILES string of the molecule is O=C(Nc1cnn(Cc2ccccc2)c1)c1cccc(OCc2cccs2)c1. The Kier molecular flexibility index (Phi) is 5.49. The number of nitrogens with one attached hydrogen (secondary N) is 1. The summed E-state index contributed by atoms with van der Waals surface area (Å²) in [6, 6.07) is 21.3. The van der Waals surface area contributed by atoms with E-state index in [9.17, 15) is 4.79 Å². The molecular weight excluding hydrogens is 370 g/mol. The molecule has 0 spiro atoms. The first-order valence-corrected chi connectivity index (χ1v) is 9.77. The van der Waals surface area contributed by atoms with Gasteiger partial charge in [0.05, 0.1) is 18.4 Å². The molecule has 28 heavy (non-hydrogen) atoms. The van der Waals surface area contributed by atoms with Gasteiger partial charge in [-0.3, -0.25) is 9.48 Å². The molecule has 0 saturated heterocycles. The van der Waals surface area contributed by atoms with Crippen LogP contribution >= 0.6 is 11.3 Å². The van der Waals surface area contributed by atoms with Gasteiger partial charge in [-0.15, -0.1) is 11.3 Å². The Bertz CT molecular complexity index is 1040. The lowest BCUT2D eigenvalue weighted by Crippen LogP contribution is -2.11. The van der Waals surface area contributed by atoms with E-state index in [2.05, 4.69) is 10.4 Å². The highest BCUT2D eigenvalue weighted by atomic mass is 32.1. The molecule has 1 N–H and O–H groups in total. The van der Waals surface area contributed by atoms with Crippen LogP contribution in [0.3, 0.4) is 0 Å². The topological polar surface area (TPSA) is 56.2 Å². The third-order valence-electron chi connectivity index (χ3n) is 4.14. The Balaban J connectivity index is 1.37. The monoisotopic (exact) mass is 389 g/mol. The molecule has 140 valence electrons. The Morgan fingerprint density at radius 2 is 1.96 bits per heavy atom. The largest absolute Gasteiger partial charge is 0.488 e. The van der Waals surface area contributed by atoms with Crippen molar-refractivity contribution in [3.05, 3.63) is 101 Å². The van der Waals surface area contributed by atoms with E-state index in [1.807, 2.05) is 66.2 Å². The van der Waals surface area contributed by atoms with Crippen LogP contribution in [0.15, 0.2) is 84.5 Å². The van der Waals surface area contributed by atoms with Gasteiger partial charge in [0.1, 0.15) is 12.4 Å². The number of benzene rings is 2. The van der Waals surface area contributed by atoms with Gasteiger partial charge in [0.15, 0.2) is 0 Å². The summed E-state index contributed by atoms with van der Waals surface area (Å²) in [4.78, 5) is 13.7. The van der Waals surface area contributed by atoms with Crippen molar-refractivity contribution in [2.75, 3.05) is 5.32 Å². The average Bonchev–Trinajstić information content (AvgIpc) is 3.40. The fraction of sp³-hybridized carbons (Fsp3) is 0.0909. The lowest BCUT2D eigenvalue weighted by Gasteiger charge is -2.07. The van der Waals surface area contributed by atoms with E-state index in [1.54, 1.807) is 34.3 Å². The van der Waals surface area contributed by atoms with E-state index in [1.165, 1.54) is 0 Å². The molecule has 0 atom stereocenters. The molecule has 1 amide bonds. The van der Waals surface area contributed by atoms with Gasteiger partial charge in [-0.25, -0.2) is 0 Å². The molecule has 0 saturated carbocycles. The zero-order chi connectivity index (χ0) is 19.2. The number of rotatable bonds is 7. The van der Waals surface area contributed by atoms with Crippen LogP contribution in [0, 0.1) is 0 Å². The number of thiophene rings is 1. The average molecular weight is 389 g/mol. The molecule has 0 fully saturated rings. The molecule has 2 aromatic heterocycles. The predicted octanol–water partition coefficient (Wildman–Crippen LogP) is 4.82. The van der Waals surface area contributed by atoms with Crippen LogP contribution in [-0.2, 0) is 13.2 Å². The van der Waals surface area contributed by atoms with Crippen molar-refractivity contribution in [1.82, 2.24) is 9.78 Å². The molecule has 0 radical (unpaired) electrons. The van der Waals surface area contributed by atoms with Crippen molar-refractivity contribution in [3.63, 3.8) is 0 Å². The highest BCUT2D eigenvalue weighted by Crippen LogP contribution is 2.18. The second-order valence-corrected chi connectivity index (χ2v) is 7.29. The van der Waals surface area contributed by atoms with Crippen LogP contribution in [0.1, 0.15) is 20.8 Å². The molecule has 5 nitrogen and oxygen atoms in total. The fourth-order valence-corrected chi connectivity index (χ4v) is 3.38. The molecule has 2 heterocycles. The summed E-state index contributed by atoms with van der Waals surface area (Å²) in [5.74, 6) is 0.474. The normalized spacial score (nSPS) is 10.6. The number of carbonyl (C=O) groups excluding carboxylic acids is 1. The Morgan fingerprint density at radius 1 is 1.07 bits per heavy atom. The van der Waals surface area contributed by atoms with Crippen LogP contribution in [0.25, 0.3) is 0 Å². The van der Waals surface area contributed by atoms with Crippen molar-refractivity contribution in [2.24, 2.45) is 0 Å². The Labute approximate surface area is 167 Å². The summed E-state index contributed by atoms with van der Waals surface area (Å²) in [5.41, 5.74) is 2.35. The van der Waals surface area contributed by atoms with Crippen LogP contribution in [-0.4, -0.2) is 15.7 Å². The van der Waals surface area contributed by atoms with E-state index < -0.39 is 0 Å². The maximum absolute atomic E-state index is 12.6. The van der Waals surface area contributed by atoms with E-state index in [4.69, 9.17) is 4.74 Å². The van der Waals surface area contributed by atoms with E-state index >= 15 is 0 Å². The van der Waals surface area contributed by atoms with Gasteiger partial charge in [0.2, 0.25) is 0 Å². The minimum absolute atomic E-state index is 0.194. The summed E-state index contributed by atoms with van der Waals surface area (Å²) in [5, 5.41) is 9.21. The zero-order valence-electron chi connectivity index (χ0n) is 15.1. The van der Waals surface area contributed by atoms with Crippen molar-refractivity contribution in [2.45, 2.75) is 13.2 Å².